The van der Waals surface area contributed by atoms with Crippen LogP contribution in [0.5, 0.6) is 0 Å². The van der Waals surface area contributed by atoms with Crippen LogP contribution >= 0.6 is 23.2 Å². The van der Waals surface area contributed by atoms with Crippen molar-refractivity contribution in [1.29, 1.82) is 5.26 Å². The van der Waals surface area contributed by atoms with Crippen LogP contribution < -0.4 is 5.56 Å². The van der Waals surface area contributed by atoms with Crippen molar-refractivity contribution in [2.24, 2.45) is 0 Å². The van der Waals surface area contributed by atoms with E-state index >= 15 is 0 Å². The van der Waals surface area contributed by atoms with E-state index in [4.69, 9.17) is 28.5 Å². The van der Waals surface area contributed by atoms with Crippen LogP contribution in [0, 0.1) is 17.1 Å². The van der Waals surface area contributed by atoms with Gasteiger partial charge in [-0.05, 0) is 29.8 Å². The Balaban J connectivity index is 2.14. The van der Waals surface area contributed by atoms with Crippen molar-refractivity contribution in [3.63, 3.8) is 0 Å². The van der Waals surface area contributed by atoms with E-state index in [0.717, 1.165) is 6.07 Å². The molecule has 4 nitrogen and oxygen atoms in total. The van der Waals surface area contributed by atoms with Crippen LogP contribution in [-0.4, -0.2) is 9.55 Å². The molecule has 1 heterocycles. The zero-order chi connectivity index (χ0) is 16.6. The normalized spacial score (nSPS) is 10.7. The smallest absolute Gasteiger partial charge is 0.261 e. The molecule has 7 heteroatoms. The lowest BCUT2D eigenvalue weighted by Crippen LogP contribution is -2.21. The molecule has 0 saturated carbocycles. The van der Waals surface area contributed by atoms with Crippen LogP contribution in [0.15, 0.2) is 41.5 Å². The number of hydrogen-bond donors (Lipinski definition) is 0. The fourth-order valence-corrected chi connectivity index (χ4v) is 2.82. The van der Waals surface area contributed by atoms with Crippen LogP contribution in [0.25, 0.3) is 10.9 Å². The molecule has 1 aromatic heterocycles. The maximum Gasteiger partial charge on any atom is 0.261 e. The summed E-state index contributed by atoms with van der Waals surface area (Å²) in [4.78, 5) is 16.7. The molecular weight excluding hydrogens is 340 g/mol. The highest BCUT2D eigenvalue weighted by atomic mass is 35.5. The fourth-order valence-electron chi connectivity index (χ4n) is 2.28. The first-order valence-electron chi connectivity index (χ1n) is 6.52. The van der Waals surface area contributed by atoms with Crippen LogP contribution in [0.2, 0.25) is 10.0 Å². The second kappa shape index (κ2) is 5.99. The number of halogens is 3. The van der Waals surface area contributed by atoms with Gasteiger partial charge in [-0.25, -0.2) is 9.37 Å². The molecule has 23 heavy (non-hydrogen) atoms. The summed E-state index contributed by atoms with van der Waals surface area (Å²) < 4.78 is 14.5. The Kier molecular flexibility index (Phi) is 4.03. The van der Waals surface area contributed by atoms with Gasteiger partial charge in [-0.1, -0.05) is 29.3 Å². The summed E-state index contributed by atoms with van der Waals surface area (Å²) in [5.41, 5.74) is 0.705. The number of rotatable bonds is 2. The highest BCUT2D eigenvalue weighted by molar-refractivity contribution is 6.38. The van der Waals surface area contributed by atoms with Crippen molar-refractivity contribution in [1.82, 2.24) is 9.55 Å². The third kappa shape index (κ3) is 2.91. The highest BCUT2D eigenvalue weighted by Gasteiger charge is 2.11. The number of fused-ring (bicyclic) bond motifs is 1. The second-order valence-electron chi connectivity index (χ2n) is 4.87. The van der Waals surface area contributed by atoms with Gasteiger partial charge in [0.2, 0.25) is 0 Å². The predicted molar refractivity (Wildman–Crippen MR) is 86.2 cm³/mol. The molecule has 0 atom stereocenters. The van der Waals surface area contributed by atoms with E-state index in [2.05, 4.69) is 4.98 Å². The van der Waals surface area contributed by atoms with Crippen molar-refractivity contribution in [2.75, 3.05) is 0 Å². The number of nitriles is 1. The minimum absolute atomic E-state index is 0.0923. The number of nitrogens with zero attached hydrogens (tertiary/aromatic N) is 3. The van der Waals surface area contributed by atoms with Crippen molar-refractivity contribution in [3.05, 3.63) is 74.0 Å². The van der Waals surface area contributed by atoms with E-state index in [1.807, 2.05) is 6.07 Å². The maximum atomic E-state index is 13.2. The van der Waals surface area contributed by atoms with E-state index in [1.54, 1.807) is 0 Å². The van der Waals surface area contributed by atoms with Gasteiger partial charge in [-0.3, -0.25) is 9.36 Å². The zero-order valence-electron chi connectivity index (χ0n) is 11.6. The first-order chi connectivity index (χ1) is 11.0. The van der Waals surface area contributed by atoms with Gasteiger partial charge in [0.1, 0.15) is 5.82 Å². The third-order valence-electron chi connectivity index (χ3n) is 3.38. The number of benzene rings is 2. The van der Waals surface area contributed by atoms with E-state index in [1.165, 1.54) is 35.2 Å². The quantitative estimate of drug-likeness (QED) is 0.709. The molecule has 0 spiro atoms. The summed E-state index contributed by atoms with van der Waals surface area (Å²) in [6.07, 6.45) is 1.34. The van der Waals surface area contributed by atoms with E-state index < -0.39 is 5.82 Å². The second-order valence-corrected chi connectivity index (χ2v) is 5.72. The van der Waals surface area contributed by atoms with Gasteiger partial charge in [0.15, 0.2) is 0 Å². The van der Waals surface area contributed by atoms with E-state index in [9.17, 15) is 9.18 Å². The van der Waals surface area contributed by atoms with Crippen LogP contribution in [-0.2, 0) is 6.54 Å². The number of hydrogen-bond acceptors (Lipinski definition) is 3. The molecule has 0 N–H and O–H groups in total. The molecule has 0 aliphatic heterocycles. The Labute approximate surface area is 140 Å². The van der Waals surface area contributed by atoms with Gasteiger partial charge < -0.3 is 0 Å². The first kappa shape index (κ1) is 15.5. The van der Waals surface area contributed by atoms with Crippen LogP contribution in [0.1, 0.15) is 11.1 Å². The largest absolute Gasteiger partial charge is 0.294 e. The molecule has 0 unspecified atom stereocenters. The minimum Gasteiger partial charge on any atom is -0.294 e. The maximum absolute atomic E-state index is 13.2. The summed E-state index contributed by atoms with van der Waals surface area (Å²) in [5, 5.41) is 9.98. The topological polar surface area (TPSA) is 58.7 Å². The lowest BCUT2D eigenvalue weighted by atomic mass is 10.1. The standard InChI is InChI=1S/C16H8Cl2FN3O/c17-11-4-13-15(14(18)5-11)21-8-22(16(13)23)7-9-1-2-12(19)3-10(9)6-20/h1-5,8H,7H2. The molecule has 114 valence electrons. The Hall–Kier alpha value is -2.42. The molecule has 3 rings (SSSR count). The van der Waals surface area contributed by atoms with Crippen molar-refractivity contribution >= 4 is 34.1 Å². The third-order valence-corrected chi connectivity index (χ3v) is 3.89. The molecule has 2 aromatic carbocycles. The van der Waals surface area contributed by atoms with Crippen LogP contribution in [0.3, 0.4) is 0 Å². The van der Waals surface area contributed by atoms with Crippen molar-refractivity contribution in [2.45, 2.75) is 6.54 Å². The molecule has 0 amide bonds. The monoisotopic (exact) mass is 347 g/mol. The lowest BCUT2D eigenvalue weighted by molar-refractivity contribution is 0.625. The van der Waals surface area contributed by atoms with Crippen LogP contribution in [0.4, 0.5) is 4.39 Å². The average molecular weight is 348 g/mol. The summed E-state index contributed by atoms with van der Waals surface area (Å²) in [6, 6.07) is 8.75. The molecule has 0 saturated heterocycles. The lowest BCUT2D eigenvalue weighted by Gasteiger charge is -2.09. The van der Waals surface area contributed by atoms with E-state index in [0.29, 0.717) is 16.1 Å². The Morgan fingerprint density at radius 1 is 1.26 bits per heavy atom. The molecule has 3 aromatic rings. The Morgan fingerprint density at radius 3 is 2.78 bits per heavy atom. The Morgan fingerprint density at radius 2 is 2.04 bits per heavy atom. The highest BCUT2D eigenvalue weighted by Crippen LogP contribution is 2.24. The number of aromatic nitrogens is 2. The van der Waals surface area contributed by atoms with Gasteiger partial charge in [0.25, 0.3) is 5.56 Å². The van der Waals surface area contributed by atoms with Gasteiger partial charge in [0.05, 0.1) is 40.4 Å². The fraction of sp³-hybridized carbons (Fsp3) is 0.0625. The molecule has 0 aliphatic rings. The zero-order valence-corrected chi connectivity index (χ0v) is 13.1. The van der Waals surface area contributed by atoms with Gasteiger partial charge >= 0.3 is 0 Å². The molecule has 0 bridgehead atoms. The average Bonchev–Trinajstić information content (AvgIpc) is 2.52. The molecule has 0 radical (unpaired) electrons. The summed E-state index contributed by atoms with van der Waals surface area (Å²) in [7, 11) is 0. The van der Waals surface area contributed by atoms with Crippen molar-refractivity contribution < 1.29 is 4.39 Å². The van der Waals surface area contributed by atoms with Gasteiger partial charge in [-0.2, -0.15) is 5.26 Å². The molecular formula is C16H8Cl2FN3O. The summed E-state index contributed by atoms with van der Waals surface area (Å²) in [6.45, 7) is 0.0923. The van der Waals surface area contributed by atoms with Gasteiger partial charge in [-0.15, -0.1) is 0 Å². The Bertz CT molecular complexity index is 1020. The predicted octanol–water partition coefficient (Wildman–Crippen LogP) is 3.76. The van der Waals surface area contributed by atoms with Gasteiger partial charge in [0, 0.05) is 5.02 Å². The summed E-state index contributed by atoms with van der Waals surface area (Å²) in [5.74, 6) is -0.507. The molecule has 0 fully saturated rings. The molecule has 0 aliphatic carbocycles. The SMILES string of the molecule is N#Cc1cc(F)ccc1Cn1cnc2c(Cl)cc(Cl)cc2c1=O. The minimum atomic E-state index is -0.507. The van der Waals surface area contributed by atoms with E-state index in [-0.39, 0.29) is 28.1 Å². The summed E-state index contributed by atoms with van der Waals surface area (Å²) >= 11 is 12.0. The first-order valence-corrected chi connectivity index (χ1v) is 7.28. The van der Waals surface area contributed by atoms with Crippen molar-refractivity contribution in [3.8, 4) is 6.07 Å².